The van der Waals surface area contributed by atoms with Crippen LogP contribution < -0.4 is 5.56 Å². The van der Waals surface area contributed by atoms with Crippen molar-refractivity contribution in [1.82, 2.24) is 14.3 Å². The molecule has 1 unspecified atom stereocenters. The van der Waals surface area contributed by atoms with E-state index in [0.29, 0.717) is 6.54 Å². The van der Waals surface area contributed by atoms with Gasteiger partial charge in [0.05, 0.1) is 11.7 Å². The van der Waals surface area contributed by atoms with Crippen LogP contribution in [0.15, 0.2) is 45.7 Å². The first-order valence-corrected chi connectivity index (χ1v) is 9.95. The van der Waals surface area contributed by atoms with E-state index in [4.69, 9.17) is 9.40 Å². The predicted octanol–water partition coefficient (Wildman–Crippen LogP) is 4.28. The monoisotopic (exact) mass is 365 g/mol. The number of pyridine rings is 1. The third-order valence-electron chi connectivity index (χ3n) is 5.46. The van der Waals surface area contributed by atoms with Crippen LogP contribution in [0.1, 0.15) is 61.4 Å². The lowest BCUT2D eigenvalue weighted by Gasteiger charge is -2.28. The van der Waals surface area contributed by atoms with E-state index in [0.717, 1.165) is 47.8 Å². The summed E-state index contributed by atoms with van der Waals surface area (Å²) in [5.41, 5.74) is 2.64. The van der Waals surface area contributed by atoms with E-state index in [1.165, 1.54) is 19.3 Å². The van der Waals surface area contributed by atoms with Crippen LogP contribution in [0.3, 0.4) is 0 Å². The van der Waals surface area contributed by atoms with Gasteiger partial charge in [0.15, 0.2) is 0 Å². The number of likely N-dealkylation sites (tertiary alicyclic amines) is 1. The minimum Gasteiger partial charge on any atom is -0.464 e. The minimum atomic E-state index is -0.0207. The summed E-state index contributed by atoms with van der Waals surface area (Å²) in [5, 5.41) is 0. The molecule has 0 aliphatic carbocycles. The van der Waals surface area contributed by atoms with Gasteiger partial charge in [0.2, 0.25) is 0 Å². The molecule has 4 heterocycles. The molecule has 0 N–H and O–H groups in total. The lowest BCUT2D eigenvalue weighted by Crippen LogP contribution is -2.29. The van der Waals surface area contributed by atoms with Gasteiger partial charge in [-0.2, -0.15) is 0 Å². The Morgan fingerprint density at radius 2 is 2.07 bits per heavy atom. The highest BCUT2D eigenvalue weighted by molar-refractivity contribution is 5.41. The standard InChI is InChI=1S/C22H27N3O2/c1-3-18-8-9-20(27-18)19-7-5-4-6-11-24(19)15-17-14-22(26)25-12-10-16(2)13-21(25)23-17/h8-10,12-14,19H,3-7,11,15H2,1-2H3. The van der Waals surface area contributed by atoms with Gasteiger partial charge < -0.3 is 4.42 Å². The Morgan fingerprint density at radius 1 is 1.19 bits per heavy atom. The first kappa shape index (κ1) is 18.0. The zero-order valence-electron chi connectivity index (χ0n) is 16.1. The van der Waals surface area contributed by atoms with Crippen LogP contribution >= 0.6 is 0 Å². The topological polar surface area (TPSA) is 50.8 Å². The fraction of sp³-hybridized carbons (Fsp3) is 0.455. The third-order valence-corrected chi connectivity index (χ3v) is 5.46. The Bertz CT molecular complexity index is 989. The molecule has 1 atom stereocenters. The van der Waals surface area contributed by atoms with Gasteiger partial charge in [0.1, 0.15) is 17.2 Å². The number of hydrogen-bond acceptors (Lipinski definition) is 4. The van der Waals surface area contributed by atoms with E-state index in [9.17, 15) is 4.79 Å². The van der Waals surface area contributed by atoms with Crippen LogP contribution in [0, 0.1) is 6.92 Å². The normalized spacial score (nSPS) is 18.7. The van der Waals surface area contributed by atoms with Crippen LogP contribution in [-0.4, -0.2) is 20.8 Å². The molecule has 0 bridgehead atoms. The molecular formula is C22H27N3O2. The van der Waals surface area contributed by atoms with Gasteiger partial charge in [0, 0.05) is 25.2 Å². The summed E-state index contributed by atoms with van der Waals surface area (Å²) >= 11 is 0. The maximum Gasteiger partial charge on any atom is 0.258 e. The first-order valence-electron chi connectivity index (χ1n) is 9.95. The van der Waals surface area contributed by atoms with Crippen molar-refractivity contribution in [3.05, 3.63) is 69.7 Å². The Hall–Kier alpha value is -2.40. The van der Waals surface area contributed by atoms with E-state index in [1.807, 2.05) is 19.1 Å². The van der Waals surface area contributed by atoms with E-state index < -0.39 is 0 Å². The van der Waals surface area contributed by atoms with E-state index in [2.05, 4.69) is 24.0 Å². The second-order valence-corrected chi connectivity index (χ2v) is 7.51. The van der Waals surface area contributed by atoms with Gasteiger partial charge in [-0.05, 0) is 56.1 Å². The highest BCUT2D eigenvalue weighted by Gasteiger charge is 2.26. The highest BCUT2D eigenvalue weighted by atomic mass is 16.3. The molecular weight excluding hydrogens is 338 g/mol. The Balaban J connectivity index is 1.65. The third kappa shape index (κ3) is 3.83. The van der Waals surface area contributed by atoms with Crippen molar-refractivity contribution in [2.75, 3.05) is 6.54 Å². The molecule has 1 aliphatic heterocycles. The van der Waals surface area contributed by atoms with Gasteiger partial charge in [-0.25, -0.2) is 4.98 Å². The largest absolute Gasteiger partial charge is 0.464 e. The molecule has 0 radical (unpaired) electrons. The molecule has 0 saturated carbocycles. The minimum absolute atomic E-state index is 0.0207. The molecule has 5 heteroatoms. The van der Waals surface area contributed by atoms with Crippen molar-refractivity contribution in [2.45, 2.75) is 58.5 Å². The van der Waals surface area contributed by atoms with Crippen molar-refractivity contribution in [1.29, 1.82) is 0 Å². The van der Waals surface area contributed by atoms with E-state index in [-0.39, 0.29) is 11.6 Å². The van der Waals surface area contributed by atoms with Gasteiger partial charge in [0.25, 0.3) is 5.56 Å². The fourth-order valence-corrected chi connectivity index (χ4v) is 3.99. The maximum absolute atomic E-state index is 12.5. The van der Waals surface area contributed by atoms with Gasteiger partial charge >= 0.3 is 0 Å². The molecule has 1 saturated heterocycles. The lowest BCUT2D eigenvalue weighted by molar-refractivity contribution is 0.166. The molecule has 1 fully saturated rings. The Labute approximate surface area is 159 Å². The molecule has 1 aliphatic rings. The SMILES string of the molecule is CCc1ccc(C2CCCCCN2Cc2cc(=O)n3ccc(C)cc3n2)o1. The summed E-state index contributed by atoms with van der Waals surface area (Å²) in [4.78, 5) is 19.7. The molecule has 3 aromatic rings. The summed E-state index contributed by atoms with van der Waals surface area (Å²) in [6.07, 6.45) is 7.41. The maximum atomic E-state index is 12.5. The molecule has 27 heavy (non-hydrogen) atoms. The molecule has 0 amide bonds. The number of aromatic nitrogens is 2. The van der Waals surface area contributed by atoms with Crippen LogP contribution in [0.5, 0.6) is 0 Å². The second-order valence-electron chi connectivity index (χ2n) is 7.51. The number of fused-ring (bicyclic) bond motifs is 1. The van der Waals surface area contributed by atoms with Crippen molar-refractivity contribution < 1.29 is 4.42 Å². The molecule has 5 nitrogen and oxygen atoms in total. The van der Waals surface area contributed by atoms with Gasteiger partial charge in [-0.3, -0.25) is 14.1 Å². The summed E-state index contributed by atoms with van der Waals surface area (Å²) in [5.74, 6) is 2.08. The number of nitrogens with zero attached hydrogens (tertiary/aromatic N) is 3. The lowest BCUT2D eigenvalue weighted by atomic mass is 10.1. The van der Waals surface area contributed by atoms with Crippen molar-refractivity contribution in [3.63, 3.8) is 0 Å². The van der Waals surface area contributed by atoms with Crippen LogP contribution in [0.4, 0.5) is 0 Å². The van der Waals surface area contributed by atoms with Crippen LogP contribution in [0.25, 0.3) is 5.65 Å². The summed E-state index contributed by atoms with van der Waals surface area (Å²) in [7, 11) is 0. The number of aryl methyl sites for hydroxylation is 2. The molecule has 142 valence electrons. The molecule has 0 aromatic carbocycles. The van der Waals surface area contributed by atoms with E-state index >= 15 is 0 Å². The summed E-state index contributed by atoms with van der Waals surface area (Å²) < 4.78 is 7.69. The van der Waals surface area contributed by atoms with Crippen LogP contribution in [-0.2, 0) is 13.0 Å². The van der Waals surface area contributed by atoms with Crippen LogP contribution in [0.2, 0.25) is 0 Å². The zero-order chi connectivity index (χ0) is 18.8. The second kappa shape index (κ2) is 7.69. The summed E-state index contributed by atoms with van der Waals surface area (Å²) in [6, 6.07) is 10.0. The van der Waals surface area contributed by atoms with Crippen molar-refractivity contribution >= 4 is 5.65 Å². The molecule has 4 rings (SSSR count). The Morgan fingerprint density at radius 3 is 2.89 bits per heavy atom. The average Bonchev–Trinajstić information content (AvgIpc) is 3.01. The number of furan rings is 1. The fourth-order valence-electron chi connectivity index (χ4n) is 3.99. The van der Waals surface area contributed by atoms with Gasteiger partial charge in [-0.1, -0.05) is 19.8 Å². The quantitative estimate of drug-likeness (QED) is 0.693. The van der Waals surface area contributed by atoms with Crippen molar-refractivity contribution in [3.8, 4) is 0 Å². The highest BCUT2D eigenvalue weighted by Crippen LogP contribution is 2.32. The Kier molecular flexibility index (Phi) is 5.12. The number of rotatable bonds is 4. The average molecular weight is 365 g/mol. The zero-order valence-corrected chi connectivity index (χ0v) is 16.1. The smallest absolute Gasteiger partial charge is 0.258 e. The number of hydrogen-bond donors (Lipinski definition) is 0. The van der Waals surface area contributed by atoms with Gasteiger partial charge in [-0.15, -0.1) is 0 Å². The van der Waals surface area contributed by atoms with Crippen molar-refractivity contribution in [2.24, 2.45) is 0 Å². The van der Waals surface area contributed by atoms with E-state index in [1.54, 1.807) is 16.7 Å². The first-order chi connectivity index (χ1) is 13.1. The molecule has 3 aromatic heterocycles. The summed E-state index contributed by atoms with van der Waals surface area (Å²) in [6.45, 7) is 5.81. The predicted molar refractivity (Wildman–Crippen MR) is 106 cm³/mol. The molecule has 0 spiro atoms.